The van der Waals surface area contributed by atoms with E-state index in [1.165, 1.54) is 20.3 Å². The summed E-state index contributed by atoms with van der Waals surface area (Å²) in [4.78, 5) is 10.7. The van der Waals surface area contributed by atoms with E-state index in [4.69, 9.17) is 9.47 Å². The largest absolute Gasteiger partial charge is 0.493 e. The van der Waals surface area contributed by atoms with Gasteiger partial charge in [0.15, 0.2) is 17.3 Å². The lowest BCUT2D eigenvalue weighted by atomic mass is 10.1. The fourth-order valence-corrected chi connectivity index (χ4v) is 3.19. The third kappa shape index (κ3) is 3.36. The van der Waals surface area contributed by atoms with Crippen LogP contribution >= 0.6 is 11.3 Å². The number of halogens is 3. The molecule has 2 rings (SSSR count). The van der Waals surface area contributed by atoms with Crippen molar-refractivity contribution in [2.75, 3.05) is 21.3 Å². The summed E-state index contributed by atoms with van der Waals surface area (Å²) in [6, 6.07) is 2.52. The average Bonchev–Trinajstić information content (AvgIpc) is 2.97. The number of esters is 1. The monoisotopic (exact) mass is 348 g/mol. The quantitative estimate of drug-likeness (QED) is 0.737. The molecule has 0 spiro atoms. The Hall–Kier alpha value is -1.96. The molecule has 23 heavy (non-hydrogen) atoms. The standard InChI is InChI=1S/C15H15F3O4S/c1-20-9-7-10-8(13(16)14(9)22-3)6-11(23-10)15(17,18)5-4-12(19)21-2/h6-7H,4-5H2,1-3H3. The van der Waals surface area contributed by atoms with Crippen LogP contribution in [0.3, 0.4) is 0 Å². The summed E-state index contributed by atoms with van der Waals surface area (Å²) in [5.74, 6) is -4.75. The van der Waals surface area contributed by atoms with Gasteiger partial charge in [-0.1, -0.05) is 0 Å². The molecule has 0 saturated heterocycles. The Bertz CT molecular complexity index is 727. The van der Waals surface area contributed by atoms with Gasteiger partial charge in [0.05, 0.1) is 32.6 Å². The molecule has 8 heteroatoms. The highest BCUT2D eigenvalue weighted by molar-refractivity contribution is 7.19. The van der Waals surface area contributed by atoms with Gasteiger partial charge in [-0.25, -0.2) is 13.2 Å². The van der Waals surface area contributed by atoms with E-state index in [-0.39, 0.29) is 21.8 Å². The van der Waals surface area contributed by atoms with Crippen LogP contribution in [0.25, 0.3) is 10.1 Å². The molecule has 0 aliphatic rings. The number of carbonyl (C=O) groups is 1. The second kappa shape index (κ2) is 6.66. The zero-order valence-electron chi connectivity index (χ0n) is 12.7. The van der Waals surface area contributed by atoms with E-state index >= 15 is 0 Å². The first-order chi connectivity index (χ1) is 10.8. The molecule has 0 unspecified atom stereocenters. The molecule has 2 aromatic rings. The predicted molar refractivity (Wildman–Crippen MR) is 80.0 cm³/mol. The molecule has 0 saturated carbocycles. The first kappa shape index (κ1) is 17.4. The summed E-state index contributed by atoms with van der Waals surface area (Å²) < 4.78 is 57.4. The fourth-order valence-electron chi connectivity index (χ4n) is 2.11. The van der Waals surface area contributed by atoms with Gasteiger partial charge in [-0.15, -0.1) is 11.3 Å². The molecule has 0 atom stereocenters. The Morgan fingerprint density at radius 3 is 2.48 bits per heavy atom. The molecule has 0 fully saturated rings. The van der Waals surface area contributed by atoms with Crippen molar-refractivity contribution in [1.29, 1.82) is 0 Å². The third-order valence-electron chi connectivity index (χ3n) is 3.34. The molecule has 4 nitrogen and oxygen atoms in total. The molecule has 0 aliphatic heterocycles. The summed E-state index contributed by atoms with van der Waals surface area (Å²) in [6.07, 6.45) is -1.13. The number of hydrogen-bond acceptors (Lipinski definition) is 5. The molecular formula is C15H15F3O4S. The van der Waals surface area contributed by atoms with Crippen LogP contribution in [-0.4, -0.2) is 27.3 Å². The Morgan fingerprint density at radius 2 is 1.91 bits per heavy atom. The number of carbonyl (C=O) groups excluding carboxylic acids is 1. The van der Waals surface area contributed by atoms with Crippen LogP contribution in [-0.2, 0) is 15.5 Å². The lowest BCUT2D eigenvalue weighted by molar-refractivity contribution is -0.142. The van der Waals surface area contributed by atoms with Crippen LogP contribution in [0.1, 0.15) is 17.7 Å². The Balaban J connectivity index is 2.43. The average molecular weight is 348 g/mol. The number of thiophene rings is 1. The van der Waals surface area contributed by atoms with E-state index < -0.39 is 30.6 Å². The number of hydrogen-bond donors (Lipinski definition) is 0. The van der Waals surface area contributed by atoms with E-state index in [0.717, 1.165) is 24.5 Å². The van der Waals surface area contributed by atoms with Gasteiger partial charge in [-0.3, -0.25) is 4.79 Å². The van der Waals surface area contributed by atoms with Gasteiger partial charge in [0.25, 0.3) is 5.92 Å². The van der Waals surface area contributed by atoms with Crippen LogP contribution in [0.5, 0.6) is 11.5 Å². The van der Waals surface area contributed by atoms with Crippen molar-refractivity contribution in [3.05, 3.63) is 22.8 Å². The number of alkyl halides is 2. The van der Waals surface area contributed by atoms with Crippen molar-refractivity contribution < 1.29 is 32.2 Å². The van der Waals surface area contributed by atoms with Gasteiger partial charge in [-0.05, 0) is 6.07 Å². The van der Waals surface area contributed by atoms with Crippen molar-refractivity contribution >= 4 is 27.4 Å². The zero-order valence-corrected chi connectivity index (χ0v) is 13.6. The van der Waals surface area contributed by atoms with Crippen molar-refractivity contribution in [1.82, 2.24) is 0 Å². The van der Waals surface area contributed by atoms with Gasteiger partial charge >= 0.3 is 5.97 Å². The van der Waals surface area contributed by atoms with Crippen LogP contribution in [0.4, 0.5) is 13.2 Å². The highest BCUT2D eigenvalue weighted by Gasteiger charge is 2.35. The zero-order chi connectivity index (χ0) is 17.2. The van der Waals surface area contributed by atoms with Gasteiger partial charge in [0.1, 0.15) is 0 Å². The first-order valence-corrected chi connectivity index (χ1v) is 7.44. The number of rotatable bonds is 6. The summed E-state index contributed by atoms with van der Waals surface area (Å²) in [5, 5.41) is 0.0281. The molecule has 0 radical (unpaired) electrons. The number of ether oxygens (including phenoxy) is 3. The van der Waals surface area contributed by atoms with Gasteiger partial charge < -0.3 is 14.2 Å². The highest BCUT2D eigenvalue weighted by atomic mass is 32.1. The Labute approximate surface area is 134 Å². The maximum Gasteiger partial charge on any atom is 0.305 e. The molecule has 1 heterocycles. The van der Waals surface area contributed by atoms with Crippen molar-refractivity contribution in [3.8, 4) is 11.5 Å². The van der Waals surface area contributed by atoms with Gasteiger partial charge in [0.2, 0.25) is 0 Å². The first-order valence-electron chi connectivity index (χ1n) is 6.63. The Kier molecular flexibility index (Phi) is 5.03. The van der Waals surface area contributed by atoms with E-state index in [9.17, 15) is 18.0 Å². The second-order valence-electron chi connectivity index (χ2n) is 4.73. The maximum absolute atomic E-state index is 14.4. The molecule has 1 aromatic carbocycles. The minimum atomic E-state index is -3.26. The number of benzene rings is 1. The lowest BCUT2D eigenvalue weighted by Crippen LogP contribution is -2.14. The molecule has 126 valence electrons. The predicted octanol–water partition coefficient (Wildman–Crippen LogP) is 4.10. The number of methoxy groups -OCH3 is 3. The maximum atomic E-state index is 14.4. The minimum Gasteiger partial charge on any atom is -0.493 e. The van der Waals surface area contributed by atoms with Crippen molar-refractivity contribution in [3.63, 3.8) is 0 Å². The second-order valence-corrected chi connectivity index (χ2v) is 5.81. The van der Waals surface area contributed by atoms with Crippen LogP contribution in [0.15, 0.2) is 12.1 Å². The molecule has 1 aromatic heterocycles. The molecule has 0 amide bonds. The van der Waals surface area contributed by atoms with E-state index in [0.29, 0.717) is 4.70 Å². The Morgan fingerprint density at radius 1 is 1.22 bits per heavy atom. The van der Waals surface area contributed by atoms with Crippen molar-refractivity contribution in [2.45, 2.75) is 18.8 Å². The lowest BCUT2D eigenvalue weighted by Gasteiger charge is -2.13. The van der Waals surface area contributed by atoms with Crippen LogP contribution < -0.4 is 9.47 Å². The topological polar surface area (TPSA) is 44.8 Å². The van der Waals surface area contributed by atoms with Crippen LogP contribution in [0.2, 0.25) is 0 Å². The molecule has 0 aliphatic carbocycles. The number of fused-ring (bicyclic) bond motifs is 1. The highest BCUT2D eigenvalue weighted by Crippen LogP contribution is 2.44. The molecule has 0 N–H and O–H groups in total. The molecule has 0 bridgehead atoms. The van der Waals surface area contributed by atoms with Crippen molar-refractivity contribution in [2.24, 2.45) is 0 Å². The SMILES string of the molecule is COC(=O)CCC(F)(F)c1cc2c(F)c(OC)c(OC)cc2s1. The summed E-state index contributed by atoms with van der Waals surface area (Å²) in [6.45, 7) is 0. The van der Waals surface area contributed by atoms with Crippen LogP contribution in [0, 0.1) is 5.82 Å². The van der Waals surface area contributed by atoms with E-state index in [2.05, 4.69) is 4.74 Å². The van der Waals surface area contributed by atoms with Gasteiger partial charge in [0, 0.05) is 22.6 Å². The fraction of sp³-hybridized carbons (Fsp3) is 0.400. The summed E-state index contributed by atoms with van der Waals surface area (Å²) in [5.41, 5.74) is 0. The molecular weight excluding hydrogens is 333 g/mol. The normalized spacial score (nSPS) is 11.6. The van der Waals surface area contributed by atoms with Gasteiger partial charge in [-0.2, -0.15) is 0 Å². The third-order valence-corrected chi connectivity index (χ3v) is 4.53. The van der Waals surface area contributed by atoms with E-state index in [1.54, 1.807) is 0 Å². The minimum absolute atomic E-state index is 0.0281. The smallest absolute Gasteiger partial charge is 0.305 e. The summed E-state index contributed by atoms with van der Waals surface area (Å²) >= 11 is 0.749. The summed E-state index contributed by atoms with van der Waals surface area (Å²) in [7, 11) is 3.74. The van der Waals surface area contributed by atoms with E-state index in [1.807, 2.05) is 0 Å².